The first-order chi connectivity index (χ1) is 32.5. The van der Waals surface area contributed by atoms with Crippen molar-refractivity contribution in [3.8, 4) is 5.75 Å². The first kappa shape index (κ1) is 57.2. The molecular weight excluding hydrogens is 943 g/mol. The minimum atomic E-state index is -1.78. The van der Waals surface area contributed by atoms with Crippen LogP contribution in [0, 0.1) is 11.8 Å². The molecule has 15 N–H and O–H groups in total. The fourth-order valence-electron chi connectivity index (χ4n) is 7.33. The number of hydrogen-bond donors (Lipinski definition) is 12. The van der Waals surface area contributed by atoms with Crippen LogP contribution in [-0.2, 0) is 59.2 Å². The number of primary amides is 3. The molecule has 0 aliphatic carbocycles. The lowest BCUT2D eigenvalue weighted by Gasteiger charge is -2.31. The Balaban J connectivity index is 2.04. The van der Waals surface area contributed by atoms with Crippen molar-refractivity contribution in [1.82, 2.24) is 42.1 Å². The number of carbonyl (C=O) groups is 11. The van der Waals surface area contributed by atoms with Crippen LogP contribution in [0.3, 0.4) is 0 Å². The maximum atomic E-state index is 14.5. The van der Waals surface area contributed by atoms with Crippen molar-refractivity contribution in [2.45, 2.75) is 127 Å². The standard InChI is InChI=1S/C43H65N11O13S2/c1-5-22(4)36-42(66)49-26(10-11-32(44)57)38(62)50-29(17-33(45)58)39(63)52-30(20-69-68-13-12-35(60)48-28(40(64)53-36)15-23-6-8-24(55)9-7-23)43(67)54-19-25(56)16-31(54)41(65)51-27(14-21(2)3)37(61)47-18-34(46)59/h6-9,21-22,25-31,36,55-56H,5,10-20H2,1-4H3,(H2,44,57)(H2,45,58)(H2,46,59)(H,47,61)(H,48,60)(H,49,66)(H,50,62)(H,51,65)(H,52,63)(H,53,64)/t22-,25+,26-,27-,28-,29-,30-,31-,36-/m0/s1. The number of nitrogens with two attached hydrogens (primary N) is 3. The van der Waals surface area contributed by atoms with Crippen LogP contribution >= 0.6 is 21.6 Å². The van der Waals surface area contributed by atoms with Crippen LogP contribution in [0.1, 0.15) is 78.2 Å². The van der Waals surface area contributed by atoms with Crippen molar-refractivity contribution < 1.29 is 63.0 Å². The van der Waals surface area contributed by atoms with Gasteiger partial charge in [0.25, 0.3) is 0 Å². The van der Waals surface area contributed by atoms with Crippen LogP contribution < -0.4 is 54.4 Å². The first-order valence-corrected chi connectivity index (χ1v) is 24.9. The van der Waals surface area contributed by atoms with Gasteiger partial charge < -0.3 is 69.5 Å². The molecule has 2 aliphatic rings. The maximum absolute atomic E-state index is 14.5. The van der Waals surface area contributed by atoms with Crippen LogP contribution in [0.2, 0.25) is 0 Å². The summed E-state index contributed by atoms with van der Waals surface area (Å²) in [6.07, 6.45) is -2.91. The van der Waals surface area contributed by atoms with E-state index in [1.165, 1.54) is 12.1 Å². The van der Waals surface area contributed by atoms with E-state index in [0.717, 1.165) is 26.5 Å². The molecule has 0 bridgehead atoms. The zero-order chi connectivity index (χ0) is 51.5. The van der Waals surface area contributed by atoms with Crippen LogP contribution in [0.4, 0.5) is 0 Å². The molecule has 0 aromatic heterocycles. The molecule has 0 radical (unpaired) electrons. The van der Waals surface area contributed by atoms with Gasteiger partial charge in [0.2, 0.25) is 65.0 Å². The Hall–Kier alpha value is -6.15. The van der Waals surface area contributed by atoms with Gasteiger partial charge in [0.05, 0.1) is 19.1 Å². The number of phenolic OH excluding ortho intramolecular Hbond substituents is 1. The fourth-order valence-corrected chi connectivity index (χ4v) is 9.48. The molecule has 0 unspecified atom stereocenters. The molecule has 69 heavy (non-hydrogen) atoms. The highest BCUT2D eigenvalue weighted by Gasteiger charge is 2.43. The van der Waals surface area contributed by atoms with Crippen LogP contribution in [-0.4, -0.2) is 153 Å². The molecule has 2 saturated heterocycles. The molecule has 9 atom stereocenters. The lowest BCUT2D eigenvalue weighted by Crippen LogP contribution is -2.61. The van der Waals surface area contributed by atoms with Crippen molar-refractivity contribution in [2.24, 2.45) is 29.0 Å². The average Bonchev–Trinajstić information content (AvgIpc) is 3.68. The summed E-state index contributed by atoms with van der Waals surface area (Å²) in [5.74, 6) is -10.4. The molecule has 11 amide bonds. The second kappa shape index (κ2) is 27.7. The van der Waals surface area contributed by atoms with Gasteiger partial charge in [-0.1, -0.05) is 67.8 Å². The Morgan fingerprint density at radius 2 is 1.45 bits per heavy atom. The number of nitrogens with one attached hydrogen (secondary N) is 7. The minimum Gasteiger partial charge on any atom is -0.508 e. The first-order valence-electron chi connectivity index (χ1n) is 22.4. The topological polar surface area (TPSA) is 394 Å². The van der Waals surface area contributed by atoms with E-state index in [2.05, 4.69) is 37.2 Å². The predicted octanol–water partition coefficient (Wildman–Crippen LogP) is -3.58. The van der Waals surface area contributed by atoms with Gasteiger partial charge in [0.1, 0.15) is 48.0 Å². The number of aromatic hydroxyl groups is 1. The van der Waals surface area contributed by atoms with E-state index in [0.29, 0.717) is 12.0 Å². The van der Waals surface area contributed by atoms with Gasteiger partial charge in [-0.2, -0.15) is 0 Å². The van der Waals surface area contributed by atoms with Crippen molar-refractivity contribution in [2.75, 3.05) is 24.6 Å². The molecule has 3 rings (SSSR count). The molecule has 0 saturated carbocycles. The van der Waals surface area contributed by atoms with E-state index < -0.39 is 145 Å². The SMILES string of the molecule is CC[C@H](C)[C@@H]1NC(=O)[C@H](Cc2ccc(O)cc2)NC(=O)CCSSC[C@@H](C(=O)N2C[C@H](O)C[C@H]2C(=O)N[C@@H](CC(C)C)C(=O)NCC(N)=O)NC(=O)[C@H](CC(N)=O)NC(=O)[C@H](CCC(N)=O)NC1=O. The molecule has 2 heterocycles. The zero-order valence-corrected chi connectivity index (χ0v) is 40.6. The van der Waals surface area contributed by atoms with Gasteiger partial charge in [-0.3, -0.25) is 52.7 Å². The molecule has 0 spiro atoms. The Morgan fingerprint density at radius 3 is 2.06 bits per heavy atom. The zero-order valence-electron chi connectivity index (χ0n) is 38.9. The van der Waals surface area contributed by atoms with Gasteiger partial charge >= 0.3 is 0 Å². The van der Waals surface area contributed by atoms with Crippen LogP contribution in [0.25, 0.3) is 0 Å². The van der Waals surface area contributed by atoms with E-state index in [1.54, 1.807) is 39.8 Å². The number of amides is 11. The third-order valence-corrected chi connectivity index (χ3v) is 13.6. The third kappa shape index (κ3) is 19.0. The van der Waals surface area contributed by atoms with E-state index in [4.69, 9.17) is 17.2 Å². The lowest BCUT2D eigenvalue weighted by molar-refractivity contribution is -0.142. The monoisotopic (exact) mass is 1010 g/mol. The Morgan fingerprint density at radius 1 is 0.812 bits per heavy atom. The van der Waals surface area contributed by atoms with E-state index in [-0.39, 0.29) is 55.4 Å². The van der Waals surface area contributed by atoms with Crippen molar-refractivity contribution >= 4 is 86.6 Å². The Kier molecular flexibility index (Phi) is 23.0. The second-order valence-electron chi connectivity index (χ2n) is 17.3. The highest BCUT2D eigenvalue weighted by atomic mass is 33.1. The summed E-state index contributed by atoms with van der Waals surface area (Å²) in [6, 6.07) is -4.10. The third-order valence-electron chi connectivity index (χ3n) is 11.2. The number of hydrogen-bond acceptors (Lipinski definition) is 15. The number of nitrogens with zero attached hydrogens (tertiary/aromatic N) is 1. The van der Waals surface area contributed by atoms with E-state index in [9.17, 15) is 63.0 Å². The number of carbonyl (C=O) groups excluding carboxylic acids is 11. The van der Waals surface area contributed by atoms with Gasteiger partial charge in [0.15, 0.2) is 0 Å². The summed E-state index contributed by atoms with van der Waals surface area (Å²) >= 11 is 0. The average molecular weight is 1010 g/mol. The number of rotatable bonds is 17. The summed E-state index contributed by atoms with van der Waals surface area (Å²) < 4.78 is 0. The van der Waals surface area contributed by atoms with Crippen molar-refractivity contribution in [3.63, 3.8) is 0 Å². The molecule has 2 fully saturated rings. The molecule has 1 aromatic rings. The van der Waals surface area contributed by atoms with Gasteiger partial charge in [-0.05, 0) is 42.4 Å². The molecule has 2 aliphatic heterocycles. The second-order valence-corrected chi connectivity index (χ2v) is 20.0. The number of likely N-dealkylation sites (tertiary alicyclic amines) is 1. The number of aliphatic hydroxyl groups excluding tert-OH is 1. The summed E-state index contributed by atoms with van der Waals surface area (Å²) in [5.41, 5.74) is 16.6. The number of phenols is 1. The molecule has 26 heteroatoms. The van der Waals surface area contributed by atoms with Gasteiger partial charge in [0, 0.05) is 43.7 Å². The fraction of sp³-hybridized carbons (Fsp3) is 0.605. The summed E-state index contributed by atoms with van der Waals surface area (Å²) in [5, 5.41) is 38.3. The quantitative estimate of drug-likeness (QED) is 0.0672. The van der Waals surface area contributed by atoms with Gasteiger partial charge in [-0.25, -0.2) is 0 Å². The summed E-state index contributed by atoms with van der Waals surface area (Å²) in [7, 11) is 2.13. The molecule has 24 nitrogen and oxygen atoms in total. The summed E-state index contributed by atoms with van der Waals surface area (Å²) in [6.45, 7) is 6.08. The van der Waals surface area contributed by atoms with Gasteiger partial charge in [-0.15, -0.1) is 0 Å². The number of β-amino-alcohol motifs (C(OH)–C–C–N with tert-alkyl or cyclic N) is 1. The Bertz CT molecular complexity index is 2050. The highest BCUT2D eigenvalue weighted by Crippen LogP contribution is 2.26. The van der Waals surface area contributed by atoms with E-state index >= 15 is 0 Å². The number of benzene rings is 1. The molecular formula is C43H65N11O13S2. The molecule has 382 valence electrons. The maximum Gasteiger partial charge on any atom is 0.246 e. The summed E-state index contributed by atoms with van der Waals surface area (Å²) in [4.78, 5) is 147. The van der Waals surface area contributed by atoms with Crippen LogP contribution in [0.15, 0.2) is 24.3 Å². The highest BCUT2D eigenvalue weighted by molar-refractivity contribution is 8.76. The van der Waals surface area contributed by atoms with Crippen molar-refractivity contribution in [3.05, 3.63) is 29.8 Å². The predicted molar refractivity (Wildman–Crippen MR) is 252 cm³/mol. The smallest absolute Gasteiger partial charge is 0.246 e. The van der Waals surface area contributed by atoms with E-state index in [1.807, 2.05) is 0 Å². The Labute approximate surface area is 407 Å². The largest absolute Gasteiger partial charge is 0.508 e. The van der Waals surface area contributed by atoms with Crippen molar-refractivity contribution in [1.29, 1.82) is 0 Å². The minimum absolute atomic E-state index is 0.0370. The molecule has 1 aromatic carbocycles. The lowest BCUT2D eigenvalue weighted by atomic mass is 9.96. The number of aliphatic hydroxyl groups is 1. The van der Waals surface area contributed by atoms with Crippen LogP contribution in [0.5, 0.6) is 5.75 Å². The normalized spacial score (nSPS) is 24.3.